The number of hydrogen-bond donors (Lipinski definition) is 1. The second kappa shape index (κ2) is 4.79. The SMILES string of the molecule is CCC(CC)n1cncc1C(C)(C)NC. The van der Waals surface area contributed by atoms with Gasteiger partial charge in [0.15, 0.2) is 0 Å². The quantitative estimate of drug-likeness (QED) is 0.808. The van der Waals surface area contributed by atoms with Gasteiger partial charge in [0.2, 0.25) is 0 Å². The van der Waals surface area contributed by atoms with Crippen molar-refractivity contribution in [2.45, 2.75) is 52.1 Å². The van der Waals surface area contributed by atoms with Crippen molar-refractivity contribution in [2.24, 2.45) is 0 Å². The summed E-state index contributed by atoms with van der Waals surface area (Å²) in [5.74, 6) is 0. The van der Waals surface area contributed by atoms with Crippen LogP contribution in [0.2, 0.25) is 0 Å². The van der Waals surface area contributed by atoms with E-state index in [1.165, 1.54) is 5.69 Å². The van der Waals surface area contributed by atoms with Crippen molar-refractivity contribution < 1.29 is 0 Å². The lowest BCUT2D eigenvalue weighted by Gasteiger charge is -2.28. The van der Waals surface area contributed by atoms with E-state index in [1.807, 2.05) is 19.6 Å². The Balaban J connectivity index is 3.05. The summed E-state index contributed by atoms with van der Waals surface area (Å²) in [6, 6.07) is 0.565. The van der Waals surface area contributed by atoms with Crippen LogP contribution in [0, 0.1) is 0 Å². The molecule has 15 heavy (non-hydrogen) atoms. The van der Waals surface area contributed by atoms with Crippen molar-refractivity contribution in [1.29, 1.82) is 0 Å². The Bertz CT molecular complexity index is 298. The number of imidazole rings is 1. The molecule has 0 radical (unpaired) electrons. The fourth-order valence-corrected chi connectivity index (χ4v) is 1.89. The Kier molecular flexibility index (Phi) is 3.91. The molecule has 0 bridgehead atoms. The molecule has 1 aromatic heterocycles. The lowest BCUT2D eigenvalue weighted by Crippen LogP contribution is -2.36. The molecule has 1 aromatic rings. The Morgan fingerprint density at radius 3 is 2.47 bits per heavy atom. The van der Waals surface area contributed by atoms with E-state index in [9.17, 15) is 0 Å². The summed E-state index contributed by atoms with van der Waals surface area (Å²) >= 11 is 0. The Labute approximate surface area is 92.9 Å². The largest absolute Gasteiger partial charge is 0.330 e. The van der Waals surface area contributed by atoms with Crippen molar-refractivity contribution in [3.05, 3.63) is 18.2 Å². The summed E-state index contributed by atoms with van der Waals surface area (Å²) in [7, 11) is 1.99. The van der Waals surface area contributed by atoms with Crippen LogP contribution < -0.4 is 5.32 Å². The predicted molar refractivity (Wildman–Crippen MR) is 63.9 cm³/mol. The highest BCUT2D eigenvalue weighted by atomic mass is 15.1. The van der Waals surface area contributed by atoms with Gasteiger partial charge in [0.25, 0.3) is 0 Å². The van der Waals surface area contributed by atoms with Crippen LogP contribution >= 0.6 is 0 Å². The zero-order chi connectivity index (χ0) is 11.5. The summed E-state index contributed by atoms with van der Waals surface area (Å²) in [4.78, 5) is 4.28. The zero-order valence-corrected chi connectivity index (χ0v) is 10.5. The van der Waals surface area contributed by atoms with Gasteiger partial charge in [-0.05, 0) is 33.7 Å². The van der Waals surface area contributed by atoms with Crippen molar-refractivity contribution in [3.63, 3.8) is 0 Å². The highest BCUT2D eigenvalue weighted by molar-refractivity contribution is 5.12. The molecule has 0 saturated heterocycles. The third kappa shape index (κ3) is 2.40. The van der Waals surface area contributed by atoms with Crippen LogP contribution in [0.1, 0.15) is 52.3 Å². The molecule has 86 valence electrons. The standard InChI is InChI=1S/C12H23N3/c1-6-10(7-2)15-9-14-8-11(15)12(3,4)13-5/h8-10,13H,6-7H2,1-5H3. The molecule has 3 nitrogen and oxygen atoms in total. The van der Waals surface area contributed by atoms with Crippen LogP contribution in [0.25, 0.3) is 0 Å². The zero-order valence-electron chi connectivity index (χ0n) is 10.5. The third-order valence-electron chi connectivity index (χ3n) is 3.27. The molecule has 0 aliphatic heterocycles. The second-order valence-corrected chi connectivity index (χ2v) is 4.53. The van der Waals surface area contributed by atoms with Gasteiger partial charge in [0.1, 0.15) is 0 Å². The van der Waals surface area contributed by atoms with E-state index in [1.54, 1.807) is 0 Å². The molecule has 0 aliphatic carbocycles. The summed E-state index contributed by atoms with van der Waals surface area (Å²) in [5, 5.41) is 3.33. The maximum atomic E-state index is 4.28. The fourth-order valence-electron chi connectivity index (χ4n) is 1.89. The molecule has 1 rings (SSSR count). The van der Waals surface area contributed by atoms with Gasteiger partial charge in [-0.3, -0.25) is 0 Å². The molecule has 0 fully saturated rings. The number of nitrogens with one attached hydrogen (secondary N) is 1. The van der Waals surface area contributed by atoms with Gasteiger partial charge in [-0.1, -0.05) is 13.8 Å². The molecule has 0 saturated carbocycles. The Morgan fingerprint density at radius 2 is 2.00 bits per heavy atom. The van der Waals surface area contributed by atoms with E-state index in [0.717, 1.165) is 12.8 Å². The van der Waals surface area contributed by atoms with Gasteiger partial charge in [0.05, 0.1) is 23.8 Å². The number of aromatic nitrogens is 2. The van der Waals surface area contributed by atoms with Crippen LogP contribution in [0.3, 0.4) is 0 Å². The van der Waals surface area contributed by atoms with Gasteiger partial charge in [-0.2, -0.15) is 0 Å². The van der Waals surface area contributed by atoms with Crippen LogP contribution in [0.15, 0.2) is 12.5 Å². The fraction of sp³-hybridized carbons (Fsp3) is 0.750. The molecule has 0 unspecified atom stereocenters. The number of hydrogen-bond acceptors (Lipinski definition) is 2. The Hall–Kier alpha value is -0.830. The van der Waals surface area contributed by atoms with Crippen LogP contribution in [-0.2, 0) is 5.54 Å². The van der Waals surface area contributed by atoms with E-state index in [0.29, 0.717) is 6.04 Å². The summed E-state index contributed by atoms with van der Waals surface area (Å²) in [6.45, 7) is 8.82. The normalized spacial score (nSPS) is 12.4. The van der Waals surface area contributed by atoms with E-state index >= 15 is 0 Å². The van der Waals surface area contributed by atoms with E-state index in [4.69, 9.17) is 0 Å². The molecule has 1 heterocycles. The smallest absolute Gasteiger partial charge is 0.0951 e. The van der Waals surface area contributed by atoms with Crippen LogP contribution in [-0.4, -0.2) is 16.6 Å². The van der Waals surface area contributed by atoms with Gasteiger partial charge < -0.3 is 9.88 Å². The first-order valence-corrected chi connectivity index (χ1v) is 5.78. The third-order valence-corrected chi connectivity index (χ3v) is 3.27. The molecular formula is C12H23N3. The van der Waals surface area contributed by atoms with Crippen molar-refractivity contribution >= 4 is 0 Å². The minimum atomic E-state index is -0.0148. The van der Waals surface area contributed by atoms with Crippen molar-refractivity contribution in [3.8, 4) is 0 Å². The van der Waals surface area contributed by atoms with Gasteiger partial charge in [0, 0.05) is 6.04 Å². The number of nitrogens with zero attached hydrogens (tertiary/aromatic N) is 2. The van der Waals surface area contributed by atoms with Crippen molar-refractivity contribution in [1.82, 2.24) is 14.9 Å². The van der Waals surface area contributed by atoms with Crippen LogP contribution in [0.5, 0.6) is 0 Å². The van der Waals surface area contributed by atoms with Crippen molar-refractivity contribution in [2.75, 3.05) is 7.05 Å². The van der Waals surface area contributed by atoms with E-state index < -0.39 is 0 Å². The first-order chi connectivity index (χ1) is 7.06. The van der Waals surface area contributed by atoms with E-state index in [2.05, 4.69) is 42.6 Å². The highest BCUT2D eigenvalue weighted by Crippen LogP contribution is 2.25. The summed E-state index contributed by atoms with van der Waals surface area (Å²) in [6.07, 6.45) is 6.22. The monoisotopic (exact) mass is 209 g/mol. The maximum absolute atomic E-state index is 4.28. The van der Waals surface area contributed by atoms with Crippen LogP contribution in [0.4, 0.5) is 0 Å². The topological polar surface area (TPSA) is 29.9 Å². The molecule has 0 aromatic carbocycles. The Morgan fingerprint density at radius 1 is 1.40 bits per heavy atom. The highest BCUT2D eigenvalue weighted by Gasteiger charge is 2.24. The molecule has 0 amide bonds. The summed E-state index contributed by atoms with van der Waals surface area (Å²) < 4.78 is 2.30. The van der Waals surface area contributed by atoms with E-state index in [-0.39, 0.29) is 5.54 Å². The summed E-state index contributed by atoms with van der Waals surface area (Å²) in [5.41, 5.74) is 1.25. The maximum Gasteiger partial charge on any atom is 0.0951 e. The predicted octanol–water partition coefficient (Wildman–Crippen LogP) is 2.70. The lowest BCUT2D eigenvalue weighted by molar-refractivity contribution is 0.371. The molecule has 1 N–H and O–H groups in total. The minimum absolute atomic E-state index is 0.0148. The van der Waals surface area contributed by atoms with Gasteiger partial charge in [-0.15, -0.1) is 0 Å². The average Bonchev–Trinajstić information content (AvgIpc) is 2.69. The average molecular weight is 209 g/mol. The molecule has 3 heteroatoms. The number of rotatable bonds is 5. The lowest BCUT2D eigenvalue weighted by atomic mass is 10.0. The minimum Gasteiger partial charge on any atom is -0.330 e. The first-order valence-electron chi connectivity index (χ1n) is 5.78. The van der Waals surface area contributed by atoms with Gasteiger partial charge >= 0.3 is 0 Å². The second-order valence-electron chi connectivity index (χ2n) is 4.53. The molecule has 0 atom stereocenters. The molecular weight excluding hydrogens is 186 g/mol. The first kappa shape index (κ1) is 12.2. The van der Waals surface area contributed by atoms with Gasteiger partial charge in [-0.25, -0.2) is 4.98 Å². The molecule has 0 spiro atoms. The molecule has 0 aliphatic rings.